The molecular weight excluding hydrogens is 217 g/mol. The third kappa shape index (κ3) is 2.69. The maximum Gasteiger partial charge on any atom is 0.401 e. The minimum absolute atomic E-state index is 0.449. The molecule has 16 heavy (non-hydrogen) atoms. The van der Waals surface area contributed by atoms with Gasteiger partial charge in [0.05, 0.1) is 6.54 Å². The minimum atomic E-state index is -4.05. The summed E-state index contributed by atoms with van der Waals surface area (Å²) in [5.74, 6) is 0.898. The van der Waals surface area contributed by atoms with Gasteiger partial charge in [-0.25, -0.2) is 0 Å². The molecule has 0 aromatic carbocycles. The Morgan fingerprint density at radius 2 is 1.56 bits per heavy atom. The maximum absolute atomic E-state index is 12.2. The summed E-state index contributed by atoms with van der Waals surface area (Å²) < 4.78 is 36.7. The van der Waals surface area contributed by atoms with Gasteiger partial charge < -0.3 is 4.90 Å². The van der Waals surface area contributed by atoms with Crippen LogP contribution >= 0.6 is 0 Å². The topological polar surface area (TPSA) is 6.48 Å². The van der Waals surface area contributed by atoms with Crippen molar-refractivity contribution in [3.8, 4) is 0 Å². The predicted octanol–water partition coefficient (Wildman–Crippen LogP) is 1.82. The fourth-order valence-electron chi connectivity index (χ4n) is 2.93. The van der Waals surface area contributed by atoms with Crippen molar-refractivity contribution in [2.24, 2.45) is 11.8 Å². The van der Waals surface area contributed by atoms with E-state index in [2.05, 4.69) is 18.7 Å². The molecule has 2 nitrogen and oxygen atoms in total. The van der Waals surface area contributed by atoms with E-state index in [0.717, 1.165) is 13.1 Å². The molecule has 0 amide bonds. The SMILES string of the molecule is CC(C)N1CC2CN(CC(F)(F)F)CC2C1. The number of halogens is 3. The molecule has 0 saturated carbocycles. The van der Waals surface area contributed by atoms with E-state index in [0.29, 0.717) is 31.0 Å². The zero-order valence-electron chi connectivity index (χ0n) is 9.80. The second-order valence-electron chi connectivity index (χ2n) is 5.38. The van der Waals surface area contributed by atoms with Gasteiger partial charge in [-0.15, -0.1) is 0 Å². The van der Waals surface area contributed by atoms with Crippen molar-refractivity contribution in [2.75, 3.05) is 32.7 Å². The van der Waals surface area contributed by atoms with Gasteiger partial charge in [0, 0.05) is 32.2 Å². The smallest absolute Gasteiger partial charge is 0.300 e. The number of alkyl halides is 3. The third-order valence-electron chi connectivity index (χ3n) is 3.72. The molecule has 2 heterocycles. The molecule has 0 aromatic heterocycles. The first-order valence-corrected chi connectivity index (χ1v) is 5.88. The van der Waals surface area contributed by atoms with Crippen molar-refractivity contribution in [1.29, 1.82) is 0 Å². The summed E-state index contributed by atoms with van der Waals surface area (Å²) >= 11 is 0. The Labute approximate surface area is 94.4 Å². The van der Waals surface area contributed by atoms with Crippen LogP contribution in [0.5, 0.6) is 0 Å². The minimum Gasteiger partial charge on any atom is -0.300 e. The first-order chi connectivity index (χ1) is 7.35. The quantitative estimate of drug-likeness (QED) is 0.721. The van der Waals surface area contributed by atoms with Gasteiger partial charge in [-0.1, -0.05) is 0 Å². The molecule has 0 radical (unpaired) electrons. The lowest BCUT2D eigenvalue weighted by Gasteiger charge is -2.24. The van der Waals surface area contributed by atoms with Gasteiger partial charge in [-0.2, -0.15) is 13.2 Å². The lowest BCUT2D eigenvalue weighted by Crippen LogP contribution is -2.37. The zero-order valence-corrected chi connectivity index (χ0v) is 9.80. The summed E-state index contributed by atoms with van der Waals surface area (Å²) in [7, 11) is 0. The van der Waals surface area contributed by atoms with Crippen molar-refractivity contribution in [2.45, 2.75) is 26.1 Å². The maximum atomic E-state index is 12.2. The molecule has 2 aliphatic rings. The molecule has 2 atom stereocenters. The van der Waals surface area contributed by atoms with Crippen LogP contribution in [0.1, 0.15) is 13.8 Å². The lowest BCUT2D eigenvalue weighted by molar-refractivity contribution is -0.144. The molecule has 5 heteroatoms. The van der Waals surface area contributed by atoms with Crippen LogP contribution in [0.25, 0.3) is 0 Å². The monoisotopic (exact) mass is 236 g/mol. The first-order valence-electron chi connectivity index (χ1n) is 5.88. The molecule has 0 spiro atoms. The Kier molecular flexibility index (Phi) is 3.18. The Balaban J connectivity index is 1.84. The molecule has 2 rings (SSSR count). The van der Waals surface area contributed by atoms with Gasteiger partial charge in [0.1, 0.15) is 0 Å². The molecule has 0 aromatic rings. The van der Waals surface area contributed by atoms with Crippen LogP contribution in [0.3, 0.4) is 0 Å². The molecule has 94 valence electrons. The molecular formula is C11H19F3N2. The number of likely N-dealkylation sites (tertiary alicyclic amines) is 2. The standard InChI is InChI=1S/C11H19F3N2/c1-8(2)16-5-9-3-15(4-10(9)6-16)7-11(12,13)14/h8-10H,3-7H2,1-2H3. The Morgan fingerprint density at radius 3 is 1.94 bits per heavy atom. The molecule has 2 saturated heterocycles. The fraction of sp³-hybridized carbons (Fsp3) is 1.00. The summed E-state index contributed by atoms with van der Waals surface area (Å²) in [6.45, 7) is 6.74. The molecule has 2 unspecified atom stereocenters. The van der Waals surface area contributed by atoms with E-state index in [1.807, 2.05) is 0 Å². The van der Waals surface area contributed by atoms with Crippen molar-refractivity contribution in [1.82, 2.24) is 9.80 Å². The normalized spacial score (nSPS) is 32.6. The van der Waals surface area contributed by atoms with Crippen LogP contribution in [0.15, 0.2) is 0 Å². The van der Waals surface area contributed by atoms with E-state index < -0.39 is 12.7 Å². The highest BCUT2D eigenvalue weighted by Gasteiger charge is 2.43. The van der Waals surface area contributed by atoms with Crippen LogP contribution in [0.2, 0.25) is 0 Å². The number of nitrogens with zero attached hydrogens (tertiary/aromatic N) is 2. The second kappa shape index (κ2) is 4.18. The Bertz CT molecular complexity index is 238. The van der Waals surface area contributed by atoms with E-state index in [1.165, 1.54) is 0 Å². The highest BCUT2D eigenvalue weighted by Crippen LogP contribution is 2.33. The Hall–Kier alpha value is -0.290. The fourth-order valence-corrected chi connectivity index (χ4v) is 2.93. The summed E-state index contributed by atoms with van der Waals surface area (Å²) in [4.78, 5) is 3.94. The van der Waals surface area contributed by atoms with Crippen LogP contribution in [0.4, 0.5) is 13.2 Å². The largest absolute Gasteiger partial charge is 0.401 e. The van der Waals surface area contributed by atoms with E-state index in [9.17, 15) is 13.2 Å². The molecule has 2 aliphatic heterocycles. The molecule has 0 N–H and O–H groups in total. The number of hydrogen-bond donors (Lipinski definition) is 0. The third-order valence-corrected chi connectivity index (χ3v) is 3.72. The highest BCUT2D eigenvalue weighted by molar-refractivity contribution is 4.94. The predicted molar refractivity (Wildman–Crippen MR) is 56.2 cm³/mol. The van der Waals surface area contributed by atoms with Gasteiger partial charge in [-0.3, -0.25) is 4.90 Å². The van der Waals surface area contributed by atoms with Gasteiger partial charge in [0.2, 0.25) is 0 Å². The van der Waals surface area contributed by atoms with Crippen LogP contribution in [0, 0.1) is 11.8 Å². The van der Waals surface area contributed by atoms with Gasteiger partial charge in [0.15, 0.2) is 0 Å². The summed E-state index contributed by atoms with van der Waals surface area (Å²) in [5, 5.41) is 0. The molecule has 0 aliphatic carbocycles. The first kappa shape index (κ1) is 12.2. The lowest BCUT2D eigenvalue weighted by atomic mass is 10.0. The van der Waals surface area contributed by atoms with Crippen molar-refractivity contribution >= 4 is 0 Å². The average molecular weight is 236 g/mol. The number of hydrogen-bond acceptors (Lipinski definition) is 2. The van der Waals surface area contributed by atoms with Gasteiger partial charge in [0.25, 0.3) is 0 Å². The van der Waals surface area contributed by atoms with Crippen molar-refractivity contribution in [3.63, 3.8) is 0 Å². The molecule has 2 fully saturated rings. The van der Waals surface area contributed by atoms with E-state index >= 15 is 0 Å². The number of fused-ring (bicyclic) bond motifs is 1. The van der Waals surface area contributed by atoms with Crippen LogP contribution in [-0.4, -0.2) is 54.7 Å². The van der Waals surface area contributed by atoms with Gasteiger partial charge in [-0.05, 0) is 25.7 Å². The zero-order chi connectivity index (χ0) is 11.9. The van der Waals surface area contributed by atoms with E-state index in [-0.39, 0.29) is 0 Å². The van der Waals surface area contributed by atoms with Crippen molar-refractivity contribution < 1.29 is 13.2 Å². The molecule has 0 bridgehead atoms. The van der Waals surface area contributed by atoms with Gasteiger partial charge >= 0.3 is 6.18 Å². The van der Waals surface area contributed by atoms with Crippen LogP contribution < -0.4 is 0 Å². The van der Waals surface area contributed by atoms with E-state index in [4.69, 9.17) is 0 Å². The number of rotatable bonds is 2. The second-order valence-corrected chi connectivity index (χ2v) is 5.38. The Morgan fingerprint density at radius 1 is 1.06 bits per heavy atom. The summed E-state index contributed by atoms with van der Waals surface area (Å²) in [6, 6.07) is 0.515. The van der Waals surface area contributed by atoms with E-state index in [1.54, 1.807) is 4.90 Å². The van der Waals surface area contributed by atoms with Crippen molar-refractivity contribution in [3.05, 3.63) is 0 Å². The summed E-state index contributed by atoms with van der Waals surface area (Å²) in [6.07, 6.45) is -4.05. The average Bonchev–Trinajstić information content (AvgIpc) is 2.56. The summed E-state index contributed by atoms with van der Waals surface area (Å²) in [5.41, 5.74) is 0. The van der Waals surface area contributed by atoms with Crippen LogP contribution in [-0.2, 0) is 0 Å². The highest BCUT2D eigenvalue weighted by atomic mass is 19.4.